The molecule has 0 spiro atoms. The molecule has 1 fully saturated rings. The molecule has 3 atom stereocenters. The number of alkyl halides is 1. The van der Waals surface area contributed by atoms with Crippen molar-refractivity contribution >= 4 is 57.4 Å². The van der Waals surface area contributed by atoms with E-state index in [0.717, 1.165) is 29.5 Å². The zero-order valence-electron chi connectivity index (χ0n) is 33.9. The fourth-order valence-electron chi connectivity index (χ4n) is 9.89. The number of aliphatic imine (C=N–C) groups is 2. The van der Waals surface area contributed by atoms with Crippen LogP contribution in [-0.2, 0) is 0 Å². The third-order valence-corrected chi connectivity index (χ3v) is 13.3. The molecule has 1 saturated carbocycles. The highest BCUT2D eigenvalue weighted by Gasteiger charge is 2.23. The van der Waals surface area contributed by atoms with Crippen LogP contribution in [0.15, 0.2) is 144 Å². The highest BCUT2D eigenvalue weighted by atomic mass is 127. The summed E-state index contributed by atoms with van der Waals surface area (Å²) in [7, 11) is 0. The lowest BCUT2D eigenvalue weighted by atomic mass is 9.78. The average molecular weight is 869 g/mol. The third-order valence-electron chi connectivity index (χ3n) is 12.8. The molecule has 0 aromatic heterocycles. The van der Waals surface area contributed by atoms with Crippen LogP contribution >= 0.6 is 22.6 Å². The maximum Gasteiger partial charge on any atom is 0.0783 e. The minimum Gasteiger partial charge on any atom is -0.285 e. The summed E-state index contributed by atoms with van der Waals surface area (Å²) < 4.78 is 0.906. The molecule has 58 heavy (non-hydrogen) atoms. The highest BCUT2D eigenvalue weighted by Crippen LogP contribution is 2.41. The Labute approximate surface area is 358 Å². The predicted molar refractivity (Wildman–Crippen MR) is 259 cm³/mol. The Morgan fingerprint density at radius 2 is 1.47 bits per heavy atom. The van der Waals surface area contributed by atoms with Gasteiger partial charge in [-0.2, -0.15) is 0 Å². The molecule has 2 heterocycles. The van der Waals surface area contributed by atoms with E-state index in [2.05, 4.69) is 182 Å². The Bertz CT molecular complexity index is 2660. The van der Waals surface area contributed by atoms with Crippen LogP contribution in [0.2, 0.25) is 0 Å². The lowest BCUT2D eigenvalue weighted by Crippen LogP contribution is -2.30. The molecule has 0 N–H and O–H groups in total. The lowest BCUT2D eigenvalue weighted by Gasteiger charge is -2.27. The molecule has 2 aliphatic carbocycles. The molecular formula is C55H53IN2. The average Bonchev–Trinajstić information content (AvgIpc) is 3.29. The Morgan fingerprint density at radius 1 is 0.690 bits per heavy atom. The first kappa shape index (κ1) is 38.6. The van der Waals surface area contributed by atoms with Gasteiger partial charge in [-0.1, -0.05) is 164 Å². The van der Waals surface area contributed by atoms with Crippen LogP contribution in [0, 0.1) is 5.92 Å². The molecule has 5 aromatic rings. The van der Waals surface area contributed by atoms with Crippen LogP contribution < -0.4 is 10.4 Å². The second-order valence-corrected chi connectivity index (χ2v) is 17.4. The molecule has 2 nitrogen and oxygen atoms in total. The zero-order valence-corrected chi connectivity index (χ0v) is 36.0. The van der Waals surface area contributed by atoms with E-state index in [0.29, 0.717) is 17.8 Å². The standard InChI is InChI=1S/C55H53IN2/c1-3-47-50(27-28-56)55(43-21-14-19-41(32-43)53-24-10-12-30-58-53)51-36-39(25-26-49(51)54(47)42-20-13-18-40(31-42)52-23-9-11-29-57-52)45-33-44(38-16-5-4-6-17-38)34-46(35-45)48-22-8-7-15-37(48)2/h3,7-10,12-15,18-23,25-27,30-38,48,53H,4-6,11,16-17,24,28-29H2,1-2H3/b47-3+,50-27+. The Hall–Kier alpha value is -4.87. The number of allylic oxidation sites excluding steroid dienone is 6. The fraction of sp³-hybridized carbons (Fsp3) is 0.273. The topological polar surface area (TPSA) is 24.7 Å². The highest BCUT2D eigenvalue weighted by molar-refractivity contribution is 14.1. The Balaban J connectivity index is 1.31. The van der Waals surface area contributed by atoms with Crippen molar-refractivity contribution in [1.82, 2.24) is 0 Å². The van der Waals surface area contributed by atoms with Gasteiger partial charge in [0.1, 0.15) is 0 Å². The quantitative estimate of drug-likeness (QED) is 0.110. The van der Waals surface area contributed by atoms with Gasteiger partial charge in [0.15, 0.2) is 0 Å². The van der Waals surface area contributed by atoms with E-state index >= 15 is 0 Å². The van der Waals surface area contributed by atoms with Gasteiger partial charge in [0.25, 0.3) is 0 Å². The van der Waals surface area contributed by atoms with E-state index in [4.69, 9.17) is 9.98 Å². The number of halogens is 1. The van der Waals surface area contributed by atoms with Crippen molar-refractivity contribution in [1.29, 1.82) is 0 Å². The smallest absolute Gasteiger partial charge is 0.0783 e. The molecule has 4 aliphatic rings. The van der Waals surface area contributed by atoms with Crippen LogP contribution in [0.25, 0.3) is 56.3 Å². The molecule has 0 radical (unpaired) electrons. The van der Waals surface area contributed by atoms with E-state index < -0.39 is 0 Å². The van der Waals surface area contributed by atoms with E-state index in [1.165, 1.54) is 109 Å². The number of nitrogens with zero attached hydrogens (tertiary/aromatic N) is 2. The Kier molecular flexibility index (Phi) is 11.7. The predicted octanol–water partition coefficient (Wildman–Crippen LogP) is 13.6. The molecule has 0 amide bonds. The van der Waals surface area contributed by atoms with Crippen molar-refractivity contribution in [2.75, 3.05) is 11.0 Å². The zero-order chi connectivity index (χ0) is 39.4. The normalized spacial score (nSPS) is 21.3. The molecule has 290 valence electrons. The van der Waals surface area contributed by atoms with Crippen LogP contribution in [0.3, 0.4) is 0 Å². The number of hydrogen-bond donors (Lipinski definition) is 0. The van der Waals surface area contributed by atoms with Crippen LogP contribution in [0.1, 0.15) is 98.9 Å². The van der Waals surface area contributed by atoms with E-state index in [-0.39, 0.29) is 6.04 Å². The molecule has 0 saturated heterocycles. The second-order valence-electron chi connectivity index (χ2n) is 16.5. The van der Waals surface area contributed by atoms with Crippen LogP contribution in [-0.4, -0.2) is 22.9 Å². The summed E-state index contributed by atoms with van der Waals surface area (Å²) in [6.45, 7) is 5.42. The summed E-state index contributed by atoms with van der Waals surface area (Å²) in [5.74, 6) is 1.46. The maximum absolute atomic E-state index is 4.91. The molecule has 9 rings (SSSR count). The minimum absolute atomic E-state index is 0.131. The van der Waals surface area contributed by atoms with Crippen LogP contribution in [0.4, 0.5) is 0 Å². The van der Waals surface area contributed by atoms with Crippen molar-refractivity contribution in [3.63, 3.8) is 0 Å². The summed E-state index contributed by atoms with van der Waals surface area (Å²) in [6, 6.07) is 33.4. The van der Waals surface area contributed by atoms with Gasteiger partial charge in [0, 0.05) is 28.7 Å². The first-order valence-corrected chi connectivity index (χ1v) is 23.0. The third kappa shape index (κ3) is 7.83. The number of hydrogen-bond acceptors (Lipinski definition) is 2. The minimum atomic E-state index is 0.131. The van der Waals surface area contributed by atoms with Gasteiger partial charge in [-0.3, -0.25) is 9.98 Å². The second kappa shape index (κ2) is 17.5. The summed E-state index contributed by atoms with van der Waals surface area (Å²) in [4.78, 5) is 9.80. The fourth-order valence-corrected chi connectivity index (χ4v) is 10.3. The van der Waals surface area contributed by atoms with Crippen molar-refractivity contribution in [3.8, 4) is 33.4 Å². The summed E-state index contributed by atoms with van der Waals surface area (Å²) in [5, 5.41) is 5.14. The summed E-state index contributed by atoms with van der Waals surface area (Å²) in [5.41, 5.74) is 14.1. The number of dihydropyridines is 2. The van der Waals surface area contributed by atoms with Gasteiger partial charge in [0.2, 0.25) is 0 Å². The van der Waals surface area contributed by atoms with Gasteiger partial charge in [-0.15, -0.1) is 0 Å². The molecule has 2 aliphatic heterocycles. The molecule has 0 bridgehead atoms. The summed E-state index contributed by atoms with van der Waals surface area (Å²) >= 11 is 2.52. The monoisotopic (exact) mass is 868 g/mol. The number of fused-ring (bicyclic) bond motifs is 1. The van der Waals surface area contributed by atoms with E-state index in [9.17, 15) is 0 Å². The van der Waals surface area contributed by atoms with Crippen LogP contribution in [0.5, 0.6) is 0 Å². The molecule has 3 heteroatoms. The van der Waals surface area contributed by atoms with Gasteiger partial charge < -0.3 is 0 Å². The summed E-state index contributed by atoms with van der Waals surface area (Å²) in [6.07, 6.45) is 33.2. The van der Waals surface area contributed by atoms with Gasteiger partial charge in [-0.25, -0.2) is 0 Å². The van der Waals surface area contributed by atoms with Crippen molar-refractivity contribution in [2.45, 2.75) is 76.7 Å². The van der Waals surface area contributed by atoms with E-state index in [1.54, 1.807) is 0 Å². The molecular weight excluding hydrogens is 816 g/mol. The number of benzene rings is 5. The van der Waals surface area contributed by atoms with Crippen molar-refractivity contribution in [2.24, 2.45) is 15.9 Å². The SMILES string of the molecule is C/C=c1/c(-c2cccc(C3=NCCC=C3)c2)c2ccc(-c3cc(C4CCCCC4)cc(C4C=CC=CC4C)c3)cc2c(-c2cccc(C3CC=CC=N3)c2)/c1=C/CI. The first-order valence-electron chi connectivity index (χ1n) is 21.5. The largest absolute Gasteiger partial charge is 0.285 e. The van der Waals surface area contributed by atoms with Gasteiger partial charge in [0.05, 0.1) is 11.8 Å². The van der Waals surface area contributed by atoms with Crippen molar-refractivity contribution < 1.29 is 0 Å². The van der Waals surface area contributed by atoms with Gasteiger partial charge >= 0.3 is 0 Å². The number of rotatable bonds is 8. The molecule has 3 unspecified atom stereocenters. The lowest BCUT2D eigenvalue weighted by molar-refractivity contribution is 0.443. The maximum atomic E-state index is 4.91. The van der Waals surface area contributed by atoms with Gasteiger partial charge in [-0.05, 0) is 146 Å². The van der Waals surface area contributed by atoms with Crippen molar-refractivity contribution in [3.05, 3.63) is 166 Å². The van der Waals surface area contributed by atoms with E-state index in [1.807, 2.05) is 6.21 Å². The Morgan fingerprint density at radius 3 is 2.24 bits per heavy atom. The first-order chi connectivity index (χ1) is 28.6. The molecule has 5 aromatic carbocycles.